The molecule has 1 aromatic carbocycles. The monoisotopic (exact) mass is 378 g/mol. The number of hydrogen-bond donors (Lipinski definition) is 2. The predicted molar refractivity (Wildman–Crippen MR) is 105 cm³/mol. The fourth-order valence-corrected chi connectivity index (χ4v) is 4.88. The smallest absolute Gasteiger partial charge is 0.262 e. The molecule has 2 aromatic rings. The number of fused-ring (bicyclic) bond motifs is 1. The molecule has 0 unspecified atom stereocenters. The molecular weight excluding hydrogens is 350 g/mol. The number of rotatable bonds is 3. The van der Waals surface area contributed by atoms with Gasteiger partial charge in [0.25, 0.3) is 5.56 Å². The van der Waals surface area contributed by atoms with Gasteiger partial charge < -0.3 is 19.8 Å². The predicted octanol–water partition coefficient (Wildman–Crippen LogP) is 2.53. The van der Waals surface area contributed by atoms with Crippen molar-refractivity contribution in [2.45, 2.75) is 57.7 Å². The fraction of sp³-hybridized carbons (Fsp3) is 0.579. The number of quaternary nitrogens is 1. The van der Waals surface area contributed by atoms with Crippen molar-refractivity contribution in [2.75, 3.05) is 14.2 Å². The zero-order valence-corrected chi connectivity index (χ0v) is 17.1. The Kier molecular flexibility index (Phi) is 4.65. The SMILES string of the molecule is COc1cc2[nH]c(=S)n(C3CC(C)(C)[NH2+]C(C)(C)C3)c(=O)c2cc1OC. The Morgan fingerprint density at radius 1 is 1.12 bits per heavy atom. The largest absolute Gasteiger partial charge is 0.493 e. The molecule has 0 atom stereocenters. The summed E-state index contributed by atoms with van der Waals surface area (Å²) >= 11 is 5.56. The summed E-state index contributed by atoms with van der Waals surface area (Å²) in [6, 6.07) is 3.54. The molecule has 142 valence electrons. The van der Waals surface area contributed by atoms with Crippen LogP contribution in [0.15, 0.2) is 16.9 Å². The van der Waals surface area contributed by atoms with Crippen molar-refractivity contribution < 1.29 is 14.8 Å². The first-order valence-electron chi connectivity index (χ1n) is 8.84. The molecule has 1 saturated heterocycles. The summed E-state index contributed by atoms with van der Waals surface area (Å²) in [6.45, 7) is 8.86. The van der Waals surface area contributed by atoms with E-state index in [1.165, 1.54) is 0 Å². The van der Waals surface area contributed by atoms with Crippen LogP contribution < -0.4 is 20.3 Å². The van der Waals surface area contributed by atoms with Gasteiger partial charge in [-0.05, 0) is 46.0 Å². The van der Waals surface area contributed by atoms with Crippen LogP contribution in [0.1, 0.15) is 46.6 Å². The number of piperidine rings is 1. The van der Waals surface area contributed by atoms with Gasteiger partial charge in [-0.25, -0.2) is 0 Å². The third kappa shape index (κ3) is 3.38. The highest BCUT2D eigenvalue weighted by Gasteiger charge is 2.43. The number of aromatic amines is 1. The molecule has 1 fully saturated rings. The van der Waals surface area contributed by atoms with Crippen LogP contribution in [0.2, 0.25) is 0 Å². The van der Waals surface area contributed by atoms with Crippen LogP contribution in [-0.4, -0.2) is 34.8 Å². The number of nitrogens with two attached hydrogens (primary N) is 1. The van der Waals surface area contributed by atoms with Crippen molar-refractivity contribution in [3.63, 3.8) is 0 Å². The van der Waals surface area contributed by atoms with Crippen molar-refractivity contribution in [3.05, 3.63) is 27.3 Å². The molecule has 1 aliphatic rings. The molecular formula is C19H28N3O3S+. The summed E-state index contributed by atoms with van der Waals surface area (Å²) < 4.78 is 12.9. The lowest BCUT2D eigenvalue weighted by atomic mass is 9.79. The number of nitrogens with one attached hydrogen (secondary N) is 1. The summed E-state index contributed by atoms with van der Waals surface area (Å²) in [5, 5.41) is 2.95. The normalized spacial score (nSPS) is 19.5. The second-order valence-electron chi connectivity index (χ2n) is 8.54. The fourth-order valence-electron chi connectivity index (χ4n) is 4.53. The summed E-state index contributed by atoms with van der Waals surface area (Å²) in [4.78, 5) is 16.5. The second-order valence-corrected chi connectivity index (χ2v) is 8.93. The van der Waals surface area contributed by atoms with Crippen LogP contribution in [0.3, 0.4) is 0 Å². The maximum absolute atomic E-state index is 13.3. The van der Waals surface area contributed by atoms with Gasteiger partial charge in [-0.15, -0.1) is 0 Å². The molecule has 0 aliphatic carbocycles. The number of aromatic nitrogens is 2. The minimum atomic E-state index is -0.0804. The van der Waals surface area contributed by atoms with E-state index in [9.17, 15) is 4.79 Å². The summed E-state index contributed by atoms with van der Waals surface area (Å²) in [5.41, 5.74) is 0.665. The molecule has 7 heteroatoms. The molecule has 1 aliphatic heterocycles. The molecule has 0 spiro atoms. The highest BCUT2D eigenvalue weighted by atomic mass is 32.1. The van der Waals surface area contributed by atoms with E-state index in [0.717, 1.165) is 12.8 Å². The Labute approximate surface area is 158 Å². The first kappa shape index (κ1) is 18.9. The first-order chi connectivity index (χ1) is 12.1. The van der Waals surface area contributed by atoms with E-state index in [1.807, 2.05) is 0 Å². The molecule has 0 radical (unpaired) electrons. The maximum atomic E-state index is 13.3. The molecule has 0 amide bonds. The van der Waals surface area contributed by atoms with E-state index < -0.39 is 0 Å². The van der Waals surface area contributed by atoms with Crippen molar-refractivity contribution in [2.24, 2.45) is 0 Å². The minimum absolute atomic E-state index is 0.0419. The lowest BCUT2D eigenvalue weighted by molar-refractivity contribution is -0.789. The second kappa shape index (κ2) is 6.39. The first-order valence-corrected chi connectivity index (χ1v) is 9.25. The van der Waals surface area contributed by atoms with Crippen LogP contribution in [0, 0.1) is 4.77 Å². The standard InChI is InChI=1S/C19H27N3O3S/c1-18(2)9-11(10-19(3,4)21-18)22-16(23)12-7-14(24-5)15(25-6)8-13(12)20-17(22)26/h7-8,11,21H,9-10H2,1-6H3,(H,20,26)/p+1. The van der Waals surface area contributed by atoms with E-state index in [2.05, 4.69) is 38.0 Å². The quantitative estimate of drug-likeness (QED) is 0.805. The summed E-state index contributed by atoms with van der Waals surface area (Å²) in [5.74, 6) is 1.10. The van der Waals surface area contributed by atoms with E-state index >= 15 is 0 Å². The number of benzene rings is 1. The van der Waals surface area contributed by atoms with Gasteiger partial charge in [-0.1, -0.05) is 0 Å². The molecule has 6 nitrogen and oxygen atoms in total. The third-order valence-corrected chi connectivity index (χ3v) is 5.40. The van der Waals surface area contributed by atoms with Crippen LogP contribution in [0.5, 0.6) is 11.5 Å². The molecule has 0 saturated carbocycles. The highest BCUT2D eigenvalue weighted by Crippen LogP contribution is 2.33. The lowest BCUT2D eigenvalue weighted by Crippen LogP contribution is -3.05. The van der Waals surface area contributed by atoms with E-state index in [-0.39, 0.29) is 22.7 Å². The van der Waals surface area contributed by atoms with Crippen molar-refractivity contribution in [1.29, 1.82) is 0 Å². The van der Waals surface area contributed by atoms with Gasteiger partial charge >= 0.3 is 0 Å². The summed E-state index contributed by atoms with van der Waals surface area (Å²) in [6.07, 6.45) is 1.76. The van der Waals surface area contributed by atoms with E-state index in [4.69, 9.17) is 21.7 Å². The lowest BCUT2D eigenvalue weighted by Gasteiger charge is -2.43. The van der Waals surface area contributed by atoms with Gasteiger partial charge in [0.05, 0.1) is 42.2 Å². The number of hydrogen-bond acceptors (Lipinski definition) is 4. The van der Waals surface area contributed by atoms with Gasteiger partial charge in [0.1, 0.15) is 0 Å². The average molecular weight is 379 g/mol. The maximum Gasteiger partial charge on any atom is 0.262 e. The van der Waals surface area contributed by atoms with E-state index in [1.54, 1.807) is 30.9 Å². The van der Waals surface area contributed by atoms with Gasteiger partial charge in [0, 0.05) is 18.9 Å². The van der Waals surface area contributed by atoms with Crippen molar-refractivity contribution in [1.82, 2.24) is 9.55 Å². The average Bonchev–Trinajstić information content (AvgIpc) is 2.50. The topological polar surface area (TPSA) is 72.9 Å². The molecule has 3 rings (SSSR count). The Bertz CT molecular complexity index is 943. The van der Waals surface area contributed by atoms with Crippen LogP contribution in [0.4, 0.5) is 0 Å². The number of H-pyrrole nitrogens is 1. The number of methoxy groups -OCH3 is 2. The van der Waals surface area contributed by atoms with Gasteiger partial charge in [0.15, 0.2) is 16.3 Å². The highest BCUT2D eigenvalue weighted by molar-refractivity contribution is 7.71. The molecule has 3 N–H and O–H groups in total. The zero-order valence-electron chi connectivity index (χ0n) is 16.3. The van der Waals surface area contributed by atoms with Crippen LogP contribution in [0.25, 0.3) is 10.9 Å². The van der Waals surface area contributed by atoms with Crippen molar-refractivity contribution in [3.8, 4) is 11.5 Å². The van der Waals surface area contributed by atoms with Crippen LogP contribution >= 0.6 is 12.2 Å². The Morgan fingerprint density at radius 2 is 1.65 bits per heavy atom. The molecule has 1 aromatic heterocycles. The molecule has 2 heterocycles. The Balaban J connectivity index is 2.21. The van der Waals surface area contributed by atoms with E-state index in [0.29, 0.717) is 27.2 Å². The molecule has 0 bridgehead atoms. The van der Waals surface area contributed by atoms with Gasteiger partial charge in [-0.3, -0.25) is 9.36 Å². The Morgan fingerprint density at radius 3 is 2.19 bits per heavy atom. The zero-order chi connectivity index (χ0) is 19.3. The summed E-state index contributed by atoms with van der Waals surface area (Å²) in [7, 11) is 3.14. The number of nitrogens with zero attached hydrogens (tertiary/aromatic N) is 1. The third-order valence-electron chi connectivity index (χ3n) is 5.10. The van der Waals surface area contributed by atoms with Crippen molar-refractivity contribution >= 4 is 23.1 Å². The molecule has 26 heavy (non-hydrogen) atoms. The Hall–Kier alpha value is -1.86. The van der Waals surface area contributed by atoms with Gasteiger partial charge in [-0.2, -0.15) is 0 Å². The minimum Gasteiger partial charge on any atom is -0.493 e. The number of ether oxygens (including phenoxy) is 2. The van der Waals surface area contributed by atoms with Gasteiger partial charge in [0.2, 0.25) is 0 Å². The van der Waals surface area contributed by atoms with Crippen LogP contribution in [-0.2, 0) is 0 Å².